The van der Waals surface area contributed by atoms with E-state index in [9.17, 15) is 14.7 Å². The Bertz CT molecular complexity index is 862. The molecule has 0 fully saturated rings. The van der Waals surface area contributed by atoms with Crippen LogP contribution in [0.5, 0.6) is 5.75 Å². The van der Waals surface area contributed by atoms with E-state index in [0.29, 0.717) is 17.0 Å². The fourth-order valence-electron chi connectivity index (χ4n) is 2.93. The van der Waals surface area contributed by atoms with Crippen molar-refractivity contribution in [2.24, 2.45) is 0 Å². The Morgan fingerprint density at radius 1 is 0.958 bits per heavy atom. The zero-order chi connectivity index (χ0) is 17.4. The lowest BCUT2D eigenvalue weighted by molar-refractivity contribution is -0.121. The van der Waals surface area contributed by atoms with Gasteiger partial charge < -0.3 is 9.84 Å². The van der Waals surface area contributed by atoms with Crippen LogP contribution in [0.2, 0.25) is 0 Å². The van der Waals surface area contributed by atoms with Crippen molar-refractivity contribution in [2.45, 2.75) is 13.8 Å². The van der Waals surface area contributed by atoms with Gasteiger partial charge in [-0.15, -0.1) is 0 Å². The van der Waals surface area contributed by atoms with E-state index in [0.717, 1.165) is 16.0 Å². The fraction of sp³-hybridized carbons (Fsp3) is 0.158. The molecule has 0 spiro atoms. The zero-order valence-electron chi connectivity index (χ0n) is 13.7. The number of carbonyl (C=O) groups is 2. The number of carbonyl (C=O) groups excluding carboxylic acids is 2. The summed E-state index contributed by atoms with van der Waals surface area (Å²) in [5, 5.41) is 10.3. The number of benzene rings is 2. The van der Waals surface area contributed by atoms with Crippen molar-refractivity contribution in [1.29, 1.82) is 0 Å². The van der Waals surface area contributed by atoms with Gasteiger partial charge in [0.05, 0.1) is 18.4 Å². The van der Waals surface area contributed by atoms with E-state index in [1.807, 2.05) is 19.9 Å². The van der Waals surface area contributed by atoms with Gasteiger partial charge in [0.1, 0.15) is 5.75 Å². The van der Waals surface area contributed by atoms with E-state index >= 15 is 0 Å². The Labute approximate surface area is 139 Å². The maximum absolute atomic E-state index is 12.8. The van der Waals surface area contributed by atoms with E-state index in [2.05, 4.69) is 0 Å². The lowest BCUT2D eigenvalue weighted by Gasteiger charge is -2.16. The highest BCUT2D eigenvalue weighted by molar-refractivity contribution is 6.45. The highest BCUT2D eigenvalue weighted by atomic mass is 16.5. The molecule has 1 aliphatic rings. The summed E-state index contributed by atoms with van der Waals surface area (Å²) in [5.74, 6) is -1.44. The summed E-state index contributed by atoms with van der Waals surface area (Å²) >= 11 is 0. The van der Waals surface area contributed by atoms with Gasteiger partial charge in [-0.2, -0.15) is 0 Å². The van der Waals surface area contributed by atoms with E-state index in [4.69, 9.17) is 4.74 Å². The van der Waals surface area contributed by atoms with Gasteiger partial charge in [0.25, 0.3) is 5.91 Å². The number of para-hydroxylation sites is 1. The van der Waals surface area contributed by atoms with Crippen molar-refractivity contribution >= 4 is 23.1 Å². The number of imide groups is 1. The predicted octanol–water partition coefficient (Wildman–Crippen LogP) is 3.15. The molecule has 0 unspecified atom stereocenters. The van der Waals surface area contributed by atoms with Crippen LogP contribution in [0.3, 0.4) is 0 Å². The monoisotopic (exact) mass is 323 g/mol. The third-order valence-corrected chi connectivity index (χ3v) is 3.90. The molecule has 0 aromatic heterocycles. The van der Waals surface area contributed by atoms with E-state index < -0.39 is 17.6 Å². The molecule has 0 saturated carbocycles. The molecule has 24 heavy (non-hydrogen) atoms. The van der Waals surface area contributed by atoms with Crippen molar-refractivity contribution in [3.63, 3.8) is 0 Å². The first kappa shape index (κ1) is 15.8. The fourth-order valence-corrected chi connectivity index (χ4v) is 2.93. The Kier molecular flexibility index (Phi) is 3.85. The number of nitrogens with zero attached hydrogens (tertiary/aromatic N) is 1. The summed E-state index contributed by atoms with van der Waals surface area (Å²) in [7, 11) is 1.47. The van der Waals surface area contributed by atoms with E-state index in [1.54, 1.807) is 36.4 Å². The molecule has 2 aromatic rings. The second-order valence-electron chi connectivity index (χ2n) is 5.72. The van der Waals surface area contributed by atoms with Crippen LogP contribution in [-0.4, -0.2) is 24.0 Å². The Morgan fingerprint density at radius 3 is 2.21 bits per heavy atom. The molecule has 0 bridgehead atoms. The largest absolute Gasteiger partial charge is 0.502 e. The molecule has 2 amide bonds. The summed E-state index contributed by atoms with van der Waals surface area (Å²) < 4.78 is 5.24. The highest BCUT2D eigenvalue weighted by Gasteiger charge is 2.41. The molecule has 1 aliphatic heterocycles. The molecule has 1 N–H and O–H groups in total. The first-order valence-corrected chi connectivity index (χ1v) is 7.47. The molecular formula is C19H17NO4. The number of anilines is 1. The molecule has 122 valence electrons. The van der Waals surface area contributed by atoms with Crippen LogP contribution in [-0.2, 0) is 9.59 Å². The number of aryl methyl sites for hydroxylation is 2. The maximum atomic E-state index is 12.8. The van der Waals surface area contributed by atoms with Gasteiger partial charge in [0, 0.05) is 5.56 Å². The lowest BCUT2D eigenvalue weighted by Crippen LogP contribution is -2.31. The molecular weight excluding hydrogens is 306 g/mol. The number of methoxy groups -OCH3 is 1. The Hall–Kier alpha value is -3.08. The summed E-state index contributed by atoms with van der Waals surface area (Å²) in [4.78, 5) is 26.3. The standard InChI is InChI=1S/C19H17NO4/c1-11-8-12(2)10-13(9-11)20-18(22)16(17(21)19(20)23)14-6-4-5-7-15(14)24-3/h4-10,21H,1-3H3. The molecule has 0 atom stereocenters. The minimum Gasteiger partial charge on any atom is -0.502 e. The Balaban J connectivity index is 2.11. The van der Waals surface area contributed by atoms with Crippen molar-refractivity contribution in [2.75, 3.05) is 12.0 Å². The van der Waals surface area contributed by atoms with Gasteiger partial charge in [-0.25, -0.2) is 4.90 Å². The van der Waals surface area contributed by atoms with Crippen molar-refractivity contribution < 1.29 is 19.4 Å². The van der Waals surface area contributed by atoms with Gasteiger partial charge in [0.15, 0.2) is 5.76 Å². The third kappa shape index (κ3) is 2.44. The van der Waals surface area contributed by atoms with Gasteiger partial charge in [-0.05, 0) is 43.2 Å². The van der Waals surface area contributed by atoms with Crippen LogP contribution in [0.15, 0.2) is 48.2 Å². The highest BCUT2D eigenvalue weighted by Crippen LogP contribution is 2.36. The van der Waals surface area contributed by atoms with Gasteiger partial charge in [-0.3, -0.25) is 9.59 Å². The predicted molar refractivity (Wildman–Crippen MR) is 91.0 cm³/mol. The second kappa shape index (κ2) is 5.85. The van der Waals surface area contributed by atoms with Crippen molar-refractivity contribution in [1.82, 2.24) is 0 Å². The van der Waals surface area contributed by atoms with Crippen molar-refractivity contribution in [3.8, 4) is 5.75 Å². The van der Waals surface area contributed by atoms with Crippen LogP contribution >= 0.6 is 0 Å². The van der Waals surface area contributed by atoms with Gasteiger partial charge >= 0.3 is 5.91 Å². The molecule has 0 saturated heterocycles. The lowest BCUT2D eigenvalue weighted by atomic mass is 10.0. The quantitative estimate of drug-likeness (QED) is 0.881. The first-order valence-electron chi connectivity index (χ1n) is 7.47. The average molecular weight is 323 g/mol. The normalized spacial score (nSPS) is 14.5. The SMILES string of the molecule is COc1ccccc1C1=C(O)C(=O)N(c2cc(C)cc(C)c2)C1=O. The van der Waals surface area contributed by atoms with Crippen LogP contribution in [0, 0.1) is 13.8 Å². The molecule has 1 heterocycles. The first-order chi connectivity index (χ1) is 11.4. The summed E-state index contributed by atoms with van der Waals surface area (Å²) in [6, 6.07) is 12.2. The molecule has 0 aliphatic carbocycles. The van der Waals surface area contributed by atoms with Crippen LogP contribution in [0.25, 0.3) is 5.57 Å². The Morgan fingerprint density at radius 2 is 1.58 bits per heavy atom. The average Bonchev–Trinajstić information content (AvgIpc) is 2.76. The molecule has 5 heteroatoms. The summed E-state index contributed by atoms with van der Waals surface area (Å²) in [6.07, 6.45) is 0. The summed E-state index contributed by atoms with van der Waals surface area (Å²) in [5.41, 5.74) is 2.64. The van der Waals surface area contributed by atoms with Crippen molar-refractivity contribution in [3.05, 3.63) is 64.9 Å². The van der Waals surface area contributed by atoms with Gasteiger partial charge in [-0.1, -0.05) is 24.3 Å². The third-order valence-electron chi connectivity index (χ3n) is 3.90. The van der Waals surface area contributed by atoms with Gasteiger partial charge in [0.2, 0.25) is 0 Å². The number of amides is 2. The molecule has 2 aromatic carbocycles. The minimum absolute atomic E-state index is 0.0448. The van der Waals surface area contributed by atoms with Crippen LogP contribution in [0.4, 0.5) is 5.69 Å². The topological polar surface area (TPSA) is 66.8 Å². The van der Waals surface area contributed by atoms with Crippen LogP contribution in [0.1, 0.15) is 16.7 Å². The molecule has 5 nitrogen and oxygen atoms in total. The summed E-state index contributed by atoms with van der Waals surface area (Å²) in [6.45, 7) is 3.77. The minimum atomic E-state index is -0.731. The number of rotatable bonds is 3. The molecule has 3 rings (SSSR count). The van der Waals surface area contributed by atoms with Crippen LogP contribution < -0.4 is 9.64 Å². The number of ether oxygens (including phenoxy) is 1. The number of aliphatic hydroxyl groups is 1. The number of hydrogen-bond donors (Lipinski definition) is 1. The smallest absolute Gasteiger partial charge is 0.301 e. The zero-order valence-corrected chi connectivity index (χ0v) is 13.7. The molecule has 0 radical (unpaired) electrons. The number of aliphatic hydroxyl groups excluding tert-OH is 1. The maximum Gasteiger partial charge on any atom is 0.301 e. The van der Waals surface area contributed by atoms with E-state index in [1.165, 1.54) is 7.11 Å². The second-order valence-corrected chi connectivity index (χ2v) is 5.72. The van der Waals surface area contributed by atoms with E-state index in [-0.39, 0.29) is 5.57 Å². The number of hydrogen-bond acceptors (Lipinski definition) is 4.